The molecule has 0 unspecified atom stereocenters. The van der Waals surface area contributed by atoms with E-state index in [4.69, 9.17) is 4.74 Å². The van der Waals surface area contributed by atoms with Crippen LogP contribution in [0.25, 0.3) is 0 Å². The summed E-state index contributed by atoms with van der Waals surface area (Å²) in [6.45, 7) is 5.81. The van der Waals surface area contributed by atoms with Crippen LogP contribution in [0.15, 0.2) is 39.3 Å². The summed E-state index contributed by atoms with van der Waals surface area (Å²) in [7, 11) is 0. The van der Waals surface area contributed by atoms with Crippen molar-refractivity contribution in [1.82, 2.24) is 0 Å². The third-order valence-electron chi connectivity index (χ3n) is 3.07. The van der Waals surface area contributed by atoms with Crippen molar-refractivity contribution in [2.45, 2.75) is 26.9 Å². The fraction of sp³-hybridized carbons (Fsp3) is 0.250. The maximum atomic E-state index is 9.61. The lowest BCUT2D eigenvalue weighted by Crippen LogP contribution is -1.94. The van der Waals surface area contributed by atoms with Crippen molar-refractivity contribution >= 4 is 31.9 Å². The molecule has 0 heterocycles. The average molecular weight is 400 g/mol. The molecule has 0 fully saturated rings. The highest BCUT2D eigenvalue weighted by Gasteiger charge is 2.09. The fourth-order valence-corrected chi connectivity index (χ4v) is 2.93. The van der Waals surface area contributed by atoms with Gasteiger partial charge in [-0.05, 0) is 61.7 Å². The van der Waals surface area contributed by atoms with Crippen LogP contribution in [0, 0.1) is 13.8 Å². The molecule has 1 atom stereocenters. The van der Waals surface area contributed by atoms with E-state index in [2.05, 4.69) is 31.9 Å². The Morgan fingerprint density at radius 2 is 1.60 bits per heavy atom. The van der Waals surface area contributed by atoms with E-state index in [1.54, 1.807) is 6.92 Å². The number of halogens is 2. The maximum Gasteiger partial charge on any atom is 0.128 e. The quantitative estimate of drug-likeness (QED) is 0.719. The molecular formula is C16H16Br2O2. The number of aliphatic hydroxyl groups is 1. The van der Waals surface area contributed by atoms with E-state index in [-0.39, 0.29) is 0 Å². The molecule has 2 rings (SSSR count). The van der Waals surface area contributed by atoms with Gasteiger partial charge in [0.2, 0.25) is 0 Å². The molecule has 2 nitrogen and oxygen atoms in total. The minimum Gasteiger partial charge on any atom is -0.457 e. The fourth-order valence-electron chi connectivity index (χ4n) is 2.01. The zero-order chi connectivity index (χ0) is 14.9. The van der Waals surface area contributed by atoms with Gasteiger partial charge in [0, 0.05) is 8.95 Å². The predicted molar refractivity (Wildman–Crippen MR) is 88.5 cm³/mol. The highest BCUT2D eigenvalue weighted by atomic mass is 79.9. The van der Waals surface area contributed by atoms with Gasteiger partial charge in [0.15, 0.2) is 0 Å². The summed E-state index contributed by atoms with van der Waals surface area (Å²) in [6.07, 6.45) is -0.504. The first-order valence-corrected chi connectivity index (χ1v) is 7.89. The van der Waals surface area contributed by atoms with E-state index in [9.17, 15) is 5.11 Å². The molecule has 106 valence electrons. The summed E-state index contributed by atoms with van der Waals surface area (Å²) in [4.78, 5) is 0. The molecular weight excluding hydrogens is 384 g/mol. The Bertz CT molecular complexity index is 613. The van der Waals surface area contributed by atoms with Gasteiger partial charge in [0.1, 0.15) is 11.5 Å². The van der Waals surface area contributed by atoms with Crippen LogP contribution >= 0.6 is 31.9 Å². The van der Waals surface area contributed by atoms with Crippen molar-refractivity contribution in [2.75, 3.05) is 0 Å². The molecule has 0 aliphatic rings. The first-order chi connectivity index (χ1) is 9.38. The van der Waals surface area contributed by atoms with Crippen molar-refractivity contribution < 1.29 is 9.84 Å². The third-order valence-corrected chi connectivity index (χ3v) is 5.01. The van der Waals surface area contributed by atoms with E-state index in [0.717, 1.165) is 37.1 Å². The predicted octanol–water partition coefficient (Wildman–Crippen LogP) is 5.67. The summed E-state index contributed by atoms with van der Waals surface area (Å²) in [5.74, 6) is 1.54. The topological polar surface area (TPSA) is 29.5 Å². The number of aliphatic hydroxyl groups excluding tert-OH is 1. The first kappa shape index (κ1) is 15.5. The van der Waals surface area contributed by atoms with Crippen LogP contribution < -0.4 is 4.74 Å². The molecule has 4 heteroatoms. The molecule has 0 bridgehead atoms. The summed E-state index contributed by atoms with van der Waals surface area (Å²) < 4.78 is 7.83. The number of ether oxygens (including phenoxy) is 1. The molecule has 2 aromatic rings. The number of hydrogen-bond donors (Lipinski definition) is 1. The Balaban J connectivity index is 2.29. The normalized spacial score (nSPS) is 12.3. The molecule has 0 aliphatic heterocycles. The zero-order valence-corrected chi connectivity index (χ0v) is 14.7. The smallest absolute Gasteiger partial charge is 0.128 e. The largest absolute Gasteiger partial charge is 0.457 e. The number of hydrogen-bond acceptors (Lipinski definition) is 2. The van der Waals surface area contributed by atoms with Crippen LogP contribution in [0.2, 0.25) is 0 Å². The lowest BCUT2D eigenvalue weighted by atomic mass is 10.1. The second kappa shape index (κ2) is 6.29. The van der Waals surface area contributed by atoms with E-state index in [1.807, 2.05) is 44.2 Å². The van der Waals surface area contributed by atoms with Crippen molar-refractivity contribution in [3.05, 3.63) is 56.0 Å². The van der Waals surface area contributed by atoms with Gasteiger partial charge in [-0.15, -0.1) is 0 Å². The number of aryl methyl sites for hydroxylation is 2. The van der Waals surface area contributed by atoms with E-state index < -0.39 is 6.10 Å². The average Bonchev–Trinajstić information content (AvgIpc) is 2.35. The maximum absolute atomic E-state index is 9.61. The second-order valence-electron chi connectivity index (χ2n) is 4.83. The third kappa shape index (κ3) is 3.43. The molecule has 0 spiro atoms. The van der Waals surface area contributed by atoms with Crippen molar-refractivity contribution in [2.24, 2.45) is 0 Å². The Morgan fingerprint density at radius 1 is 1.00 bits per heavy atom. The molecule has 0 radical (unpaired) electrons. The summed E-state index contributed by atoms with van der Waals surface area (Å²) in [5.41, 5.74) is 3.12. The Hall–Kier alpha value is -0.840. The Kier molecular flexibility index (Phi) is 4.89. The van der Waals surface area contributed by atoms with Gasteiger partial charge in [-0.2, -0.15) is 0 Å². The van der Waals surface area contributed by atoms with Gasteiger partial charge in [0.05, 0.1) is 6.10 Å². The van der Waals surface area contributed by atoms with E-state index in [1.165, 1.54) is 0 Å². The van der Waals surface area contributed by atoms with Crippen LogP contribution in [0.1, 0.15) is 29.7 Å². The second-order valence-corrected chi connectivity index (χ2v) is 6.48. The molecule has 0 amide bonds. The van der Waals surface area contributed by atoms with E-state index in [0.29, 0.717) is 0 Å². The standard InChI is InChI=1S/C16H16Br2O2/c1-9-6-13(7-10(2)16(9)18)20-12-4-5-14(11(3)19)15(17)8-12/h4-8,11,19H,1-3H3/t11-/m0/s1. The Labute approximate surface area is 136 Å². The van der Waals surface area contributed by atoms with Crippen LogP contribution in [0.4, 0.5) is 0 Å². The van der Waals surface area contributed by atoms with Crippen LogP contribution in [0.3, 0.4) is 0 Å². The summed E-state index contributed by atoms with van der Waals surface area (Å²) in [5, 5.41) is 9.61. The van der Waals surface area contributed by atoms with E-state index >= 15 is 0 Å². The van der Waals surface area contributed by atoms with Crippen LogP contribution in [0.5, 0.6) is 11.5 Å². The Morgan fingerprint density at radius 3 is 2.10 bits per heavy atom. The van der Waals surface area contributed by atoms with Crippen molar-refractivity contribution in [3.8, 4) is 11.5 Å². The van der Waals surface area contributed by atoms with Gasteiger partial charge in [-0.3, -0.25) is 0 Å². The zero-order valence-electron chi connectivity index (χ0n) is 11.6. The monoisotopic (exact) mass is 398 g/mol. The first-order valence-electron chi connectivity index (χ1n) is 6.30. The number of rotatable bonds is 3. The highest BCUT2D eigenvalue weighted by Crippen LogP contribution is 2.32. The van der Waals surface area contributed by atoms with Gasteiger partial charge in [-0.1, -0.05) is 37.9 Å². The van der Waals surface area contributed by atoms with Gasteiger partial charge < -0.3 is 9.84 Å². The summed E-state index contributed by atoms with van der Waals surface area (Å²) >= 11 is 7.00. The molecule has 20 heavy (non-hydrogen) atoms. The molecule has 1 N–H and O–H groups in total. The van der Waals surface area contributed by atoms with Crippen LogP contribution in [-0.2, 0) is 0 Å². The van der Waals surface area contributed by atoms with Gasteiger partial charge >= 0.3 is 0 Å². The van der Waals surface area contributed by atoms with Crippen LogP contribution in [-0.4, -0.2) is 5.11 Å². The minimum absolute atomic E-state index is 0.504. The highest BCUT2D eigenvalue weighted by molar-refractivity contribution is 9.10. The van der Waals surface area contributed by atoms with Crippen molar-refractivity contribution in [1.29, 1.82) is 0 Å². The number of benzene rings is 2. The lowest BCUT2D eigenvalue weighted by molar-refractivity contribution is 0.198. The minimum atomic E-state index is -0.504. The lowest BCUT2D eigenvalue weighted by Gasteiger charge is -2.12. The molecule has 0 aliphatic carbocycles. The molecule has 0 saturated heterocycles. The molecule has 0 aromatic heterocycles. The molecule has 2 aromatic carbocycles. The SMILES string of the molecule is Cc1cc(Oc2ccc([C@H](C)O)c(Br)c2)cc(C)c1Br. The van der Waals surface area contributed by atoms with Gasteiger partial charge in [0.25, 0.3) is 0 Å². The van der Waals surface area contributed by atoms with Crippen molar-refractivity contribution in [3.63, 3.8) is 0 Å². The molecule has 0 saturated carbocycles. The summed E-state index contributed by atoms with van der Waals surface area (Å²) in [6, 6.07) is 9.58. The van der Waals surface area contributed by atoms with Gasteiger partial charge in [-0.25, -0.2) is 0 Å².